The van der Waals surface area contributed by atoms with Crippen LogP contribution in [0.25, 0.3) is 0 Å². The van der Waals surface area contributed by atoms with Crippen LogP contribution in [0.15, 0.2) is 24.5 Å². The van der Waals surface area contributed by atoms with Crippen LogP contribution in [-0.2, 0) is 11.2 Å². The van der Waals surface area contributed by atoms with E-state index in [0.29, 0.717) is 13.0 Å². The molecule has 1 rings (SSSR count). The highest BCUT2D eigenvalue weighted by atomic mass is 16.6. The van der Waals surface area contributed by atoms with Gasteiger partial charge in [0.1, 0.15) is 5.60 Å². The molecule has 2 N–H and O–H groups in total. The molecular formula is C14H22N2O3. The molecule has 0 spiro atoms. The van der Waals surface area contributed by atoms with Crippen LogP contribution < -0.4 is 5.32 Å². The van der Waals surface area contributed by atoms with Crippen molar-refractivity contribution in [3.05, 3.63) is 30.1 Å². The van der Waals surface area contributed by atoms with E-state index in [1.54, 1.807) is 12.4 Å². The van der Waals surface area contributed by atoms with Crippen LogP contribution in [0.2, 0.25) is 0 Å². The van der Waals surface area contributed by atoms with Gasteiger partial charge in [0.15, 0.2) is 0 Å². The van der Waals surface area contributed by atoms with Gasteiger partial charge in [-0.25, -0.2) is 4.79 Å². The zero-order valence-electron chi connectivity index (χ0n) is 11.7. The first-order valence-electron chi connectivity index (χ1n) is 6.37. The quantitative estimate of drug-likeness (QED) is 0.852. The largest absolute Gasteiger partial charge is 0.444 e. The molecule has 5 nitrogen and oxygen atoms in total. The fourth-order valence-electron chi connectivity index (χ4n) is 1.60. The Balaban J connectivity index is 2.39. The first kappa shape index (κ1) is 15.4. The Bertz CT molecular complexity index is 387. The number of carbonyl (C=O) groups is 1. The maximum Gasteiger partial charge on any atom is 0.407 e. The maximum atomic E-state index is 11.5. The predicted octanol–water partition coefficient (Wildman–Crippen LogP) is 1.76. The SMILES string of the molecule is CC(C)(C)OC(=O)NC[C@@H](CO)Cc1ccncc1. The summed E-state index contributed by atoms with van der Waals surface area (Å²) in [4.78, 5) is 15.4. The number of carbonyl (C=O) groups excluding carboxylic acids is 1. The van der Waals surface area contributed by atoms with E-state index < -0.39 is 11.7 Å². The van der Waals surface area contributed by atoms with Crippen LogP contribution in [0.4, 0.5) is 4.79 Å². The average Bonchev–Trinajstić information content (AvgIpc) is 2.33. The van der Waals surface area contributed by atoms with Crippen LogP contribution in [0.5, 0.6) is 0 Å². The molecule has 0 aliphatic heterocycles. The lowest BCUT2D eigenvalue weighted by molar-refractivity contribution is 0.0512. The van der Waals surface area contributed by atoms with Crippen LogP contribution in [0.3, 0.4) is 0 Å². The van der Waals surface area contributed by atoms with Gasteiger partial charge >= 0.3 is 6.09 Å². The molecule has 1 aromatic rings. The van der Waals surface area contributed by atoms with Crippen LogP contribution in [0, 0.1) is 5.92 Å². The first-order valence-corrected chi connectivity index (χ1v) is 6.37. The van der Waals surface area contributed by atoms with Crippen molar-refractivity contribution >= 4 is 6.09 Å². The third-order valence-corrected chi connectivity index (χ3v) is 2.47. The Labute approximate surface area is 114 Å². The molecule has 0 radical (unpaired) electrons. The van der Waals surface area contributed by atoms with Gasteiger partial charge in [0.05, 0.1) is 0 Å². The standard InChI is InChI=1S/C14H22N2O3/c1-14(2,3)19-13(18)16-9-12(10-17)8-11-4-6-15-7-5-11/h4-7,12,17H,8-10H2,1-3H3,(H,16,18)/t12-/m0/s1. The fraction of sp³-hybridized carbons (Fsp3) is 0.571. The number of hydrogen-bond donors (Lipinski definition) is 2. The van der Waals surface area contributed by atoms with Crippen LogP contribution >= 0.6 is 0 Å². The third-order valence-electron chi connectivity index (χ3n) is 2.47. The minimum Gasteiger partial charge on any atom is -0.444 e. The second kappa shape index (κ2) is 7.09. The summed E-state index contributed by atoms with van der Waals surface area (Å²) in [6.07, 6.45) is 3.66. The number of rotatable bonds is 5. The third kappa shape index (κ3) is 6.76. The zero-order valence-corrected chi connectivity index (χ0v) is 11.7. The van der Waals surface area contributed by atoms with Gasteiger partial charge in [0.2, 0.25) is 0 Å². The lowest BCUT2D eigenvalue weighted by Gasteiger charge is -2.21. The number of aliphatic hydroxyl groups excluding tert-OH is 1. The van der Waals surface area contributed by atoms with Gasteiger partial charge in [-0.2, -0.15) is 0 Å². The maximum absolute atomic E-state index is 11.5. The highest BCUT2D eigenvalue weighted by molar-refractivity contribution is 5.67. The molecule has 0 saturated heterocycles. The number of nitrogens with zero attached hydrogens (tertiary/aromatic N) is 1. The number of nitrogens with one attached hydrogen (secondary N) is 1. The minimum atomic E-state index is -0.510. The predicted molar refractivity (Wildman–Crippen MR) is 72.8 cm³/mol. The van der Waals surface area contributed by atoms with Gasteiger partial charge in [-0.3, -0.25) is 4.98 Å². The molecule has 1 atom stereocenters. The normalized spacial score (nSPS) is 12.8. The van der Waals surface area contributed by atoms with E-state index in [9.17, 15) is 9.90 Å². The molecule has 19 heavy (non-hydrogen) atoms. The lowest BCUT2D eigenvalue weighted by atomic mass is 10.0. The fourth-order valence-corrected chi connectivity index (χ4v) is 1.60. The molecule has 0 aliphatic carbocycles. The zero-order chi connectivity index (χ0) is 14.3. The lowest BCUT2D eigenvalue weighted by Crippen LogP contribution is -2.36. The summed E-state index contributed by atoms with van der Waals surface area (Å²) in [6.45, 7) is 5.83. The van der Waals surface area contributed by atoms with Crippen molar-refractivity contribution in [2.75, 3.05) is 13.2 Å². The van der Waals surface area contributed by atoms with E-state index in [1.807, 2.05) is 32.9 Å². The molecular weight excluding hydrogens is 244 g/mol. The number of ether oxygens (including phenoxy) is 1. The van der Waals surface area contributed by atoms with E-state index >= 15 is 0 Å². The summed E-state index contributed by atoms with van der Waals surface area (Å²) in [7, 11) is 0. The van der Waals surface area contributed by atoms with E-state index in [2.05, 4.69) is 10.3 Å². The number of aliphatic hydroxyl groups is 1. The molecule has 1 amide bonds. The molecule has 0 aliphatic rings. The Morgan fingerprint density at radius 2 is 2.05 bits per heavy atom. The van der Waals surface area contributed by atoms with Crippen molar-refractivity contribution in [1.82, 2.24) is 10.3 Å². The van der Waals surface area contributed by atoms with Crippen molar-refractivity contribution in [1.29, 1.82) is 0 Å². The molecule has 106 valence electrons. The number of pyridine rings is 1. The number of aromatic nitrogens is 1. The number of amides is 1. The van der Waals surface area contributed by atoms with Gasteiger partial charge in [-0.05, 0) is 44.9 Å². The Hall–Kier alpha value is -1.62. The van der Waals surface area contributed by atoms with Gasteiger partial charge in [-0.1, -0.05) is 0 Å². The van der Waals surface area contributed by atoms with Gasteiger partial charge in [0.25, 0.3) is 0 Å². The smallest absolute Gasteiger partial charge is 0.407 e. The first-order chi connectivity index (χ1) is 8.90. The Morgan fingerprint density at radius 1 is 1.42 bits per heavy atom. The summed E-state index contributed by atoms with van der Waals surface area (Å²) in [5.41, 5.74) is 0.573. The Morgan fingerprint density at radius 3 is 2.58 bits per heavy atom. The van der Waals surface area contributed by atoms with Crippen LogP contribution in [0.1, 0.15) is 26.3 Å². The van der Waals surface area contributed by atoms with Crippen molar-refractivity contribution in [2.24, 2.45) is 5.92 Å². The van der Waals surface area contributed by atoms with Gasteiger partial charge in [0, 0.05) is 31.5 Å². The molecule has 5 heteroatoms. The second-order valence-electron chi connectivity index (χ2n) is 5.49. The number of hydrogen-bond acceptors (Lipinski definition) is 4. The topological polar surface area (TPSA) is 71.5 Å². The Kier molecular flexibility index (Phi) is 5.76. The molecule has 1 heterocycles. The van der Waals surface area contributed by atoms with Gasteiger partial charge < -0.3 is 15.2 Å². The van der Waals surface area contributed by atoms with Crippen molar-refractivity contribution in [3.63, 3.8) is 0 Å². The van der Waals surface area contributed by atoms with Gasteiger partial charge in [-0.15, -0.1) is 0 Å². The van der Waals surface area contributed by atoms with E-state index in [4.69, 9.17) is 4.74 Å². The summed E-state index contributed by atoms with van der Waals surface area (Å²) in [5, 5.41) is 12.0. The molecule has 0 bridgehead atoms. The minimum absolute atomic E-state index is 0.0120. The van der Waals surface area contributed by atoms with E-state index in [-0.39, 0.29) is 12.5 Å². The summed E-state index contributed by atoms with van der Waals surface area (Å²) >= 11 is 0. The molecule has 0 aromatic carbocycles. The summed E-state index contributed by atoms with van der Waals surface area (Å²) in [6, 6.07) is 3.80. The van der Waals surface area contributed by atoms with Crippen LogP contribution in [-0.4, -0.2) is 34.9 Å². The second-order valence-corrected chi connectivity index (χ2v) is 5.49. The molecule has 0 saturated carbocycles. The van der Waals surface area contributed by atoms with Crippen molar-refractivity contribution in [3.8, 4) is 0 Å². The highest BCUT2D eigenvalue weighted by Crippen LogP contribution is 2.09. The molecule has 0 unspecified atom stereocenters. The van der Waals surface area contributed by atoms with E-state index in [1.165, 1.54) is 0 Å². The van der Waals surface area contributed by atoms with Crippen molar-refractivity contribution < 1.29 is 14.6 Å². The number of alkyl carbamates (subject to hydrolysis) is 1. The highest BCUT2D eigenvalue weighted by Gasteiger charge is 2.17. The summed E-state index contributed by atoms with van der Waals surface area (Å²) < 4.78 is 5.14. The van der Waals surface area contributed by atoms with Crippen molar-refractivity contribution in [2.45, 2.75) is 32.8 Å². The molecule has 1 aromatic heterocycles. The summed E-state index contributed by atoms with van der Waals surface area (Å²) in [5.74, 6) is -0.0325. The van der Waals surface area contributed by atoms with E-state index in [0.717, 1.165) is 5.56 Å². The average molecular weight is 266 g/mol. The molecule has 0 fully saturated rings. The monoisotopic (exact) mass is 266 g/mol.